The third kappa shape index (κ3) is 4.82. The molecular formula is C54H34N6. The minimum Gasteiger partial charge on any atom is -0.278 e. The summed E-state index contributed by atoms with van der Waals surface area (Å²) in [5.74, 6) is 1.78. The van der Waals surface area contributed by atoms with Crippen LogP contribution in [0, 0.1) is 0 Å². The molecule has 4 aromatic heterocycles. The van der Waals surface area contributed by atoms with Crippen molar-refractivity contribution in [3.05, 3.63) is 206 Å². The van der Waals surface area contributed by atoms with Crippen LogP contribution in [0.1, 0.15) is 0 Å². The fourth-order valence-electron chi connectivity index (χ4n) is 9.37. The topological polar surface area (TPSA) is 44.5 Å². The van der Waals surface area contributed by atoms with E-state index in [1.165, 1.54) is 27.5 Å². The van der Waals surface area contributed by atoms with Gasteiger partial charge in [-0.05, 0) is 105 Å². The van der Waals surface area contributed by atoms with Crippen LogP contribution in [0.4, 0.5) is 0 Å². The van der Waals surface area contributed by atoms with Crippen molar-refractivity contribution >= 4 is 66.5 Å². The van der Waals surface area contributed by atoms with Crippen molar-refractivity contribution in [2.24, 2.45) is 0 Å². The zero-order chi connectivity index (χ0) is 39.3. The lowest BCUT2D eigenvalue weighted by molar-refractivity contribution is 1.11. The summed E-state index contributed by atoms with van der Waals surface area (Å²) in [5.41, 5.74) is 17.7. The van der Waals surface area contributed by atoms with E-state index in [0.29, 0.717) is 0 Å². The maximum absolute atomic E-state index is 5.24. The standard InChI is InChI=1S/C54H34N6/c1-2-12-35(13-3-1)36-24-26-37(27-25-36)39-16-10-17-42(32-39)57-49-30-28-40(33-51(49)59-47-21-8-6-19-44(47)55-53(57)59)41-29-31-50-52(34-41)60-48-22-9-7-20-45(48)56-54(60)58(50)46-23-11-15-38-14-4-5-18-43(38)46/h1-34H. The lowest BCUT2D eigenvalue weighted by Crippen LogP contribution is -1.96. The third-order valence-electron chi connectivity index (χ3n) is 12.2. The molecule has 60 heavy (non-hydrogen) atoms. The normalized spacial score (nSPS) is 12.0. The third-order valence-corrected chi connectivity index (χ3v) is 12.2. The van der Waals surface area contributed by atoms with Crippen LogP contribution in [0.3, 0.4) is 0 Å². The number of fused-ring (bicyclic) bond motifs is 11. The monoisotopic (exact) mass is 766 g/mol. The summed E-state index contributed by atoms with van der Waals surface area (Å²) >= 11 is 0. The van der Waals surface area contributed by atoms with Crippen molar-refractivity contribution < 1.29 is 0 Å². The van der Waals surface area contributed by atoms with Gasteiger partial charge in [-0.2, -0.15) is 0 Å². The number of nitrogens with zero attached hydrogens (tertiary/aromatic N) is 6. The van der Waals surface area contributed by atoms with Crippen LogP contribution in [0.2, 0.25) is 0 Å². The molecule has 0 spiro atoms. The average molecular weight is 767 g/mol. The van der Waals surface area contributed by atoms with Gasteiger partial charge in [-0.15, -0.1) is 0 Å². The first kappa shape index (κ1) is 32.8. The molecule has 6 nitrogen and oxygen atoms in total. The van der Waals surface area contributed by atoms with Crippen molar-refractivity contribution in [1.29, 1.82) is 0 Å². The van der Waals surface area contributed by atoms with Crippen molar-refractivity contribution in [2.45, 2.75) is 0 Å². The first-order chi connectivity index (χ1) is 29.7. The van der Waals surface area contributed by atoms with Crippen LogP contribution in [-0.4, -0.2) is 27.9 Å². The largest absolute Gasteiger partial charge is 0.278 e. The van der Waals surface area contributed by atoms with Gasteiger partial charge in [0.2, 0.25) is 11.6 Å². The number of imidazole rings is 4. The molecule has 0 aliphatic heterocycles. The maximum Gasteiger partial charge on any atom is 0.220 e. The molecule has 0 aliphatic carbocycles. The lowest BCUT2D eigenvalue weighted by atomic mass is 10.00. The van der Waals surface area contributed by atoms with Gasteiger partial charge >= 0.3 is 0 Å². The molecule has 13 rings (SSSR count). The van der Waals surface area contributed by atoms with Crippen LogP contribution in [0.15, 0.2) is 206 Å². The Balaban J connectivity index is 0.993. The summed E-state index contributed by atoms with van der Waals surface area (Å²) in [4.78, 5) is 10.5. The molecule has 0 amide bonds. The van der Waals surface area contributed by atoms with E-state index in [9.17, 15) is 0 Å². The maximum atomic E-state index is 5.24. The van der Waals surface area contributed by atoms with E-state index in [2.05, 4.69) is 224 Å². The molecule has 0 N–H and O–H groups in total. The Labute approximate surface area is 344 Å². The molecule has 4 heterocycles. The fourth-order valence-corrected chi connectivity index (χ4v) is 9.37. The average Bonchev–Trinajstić information content (AvgIpc) is 4.05. The zero-order valence-corrected chi connectivity index (χ0v) is 32.3. The van der Waals surface area contributed by atoms with Gasteiger partial charge in [0.25, 0.3) is 0 Å². The highest BCUT2D eigenvalue weighted by Crippen LogP contribution is 2.37. The number of hydrogen-bond acceptors (Lipinski definition) is 2. The molecule has 0 saturated carbocycles. The van der Waals surface area contributed by atoms with E-state index in [4.69, 9.17) is 9.97 Å². The van der Waals surface area contributed by atoms with Crippen LogP contribution in [0.5, 0.6) is 0 Å². The molecular weight excluding hydrogens is 733 g/mol. The van der Waals surface area contributed by atoms with Crippen molar-refractivity contribution in [3.63, 3.8) is 0 Å². The molecule has 0 radical (unpaired) electrons. The van der Waals surface area contributed by atoms with E-state index < -0.39 is 0 Å². The fraction of sp³-hybridized carbons (Fsp3) is 0. The minimum atomic E-state index is 0.883. The van der Waals surface area contributed by atoms with E-state index >= 15 is 0 Å². The van der Waals surface area contributed by atoms with Gasteiger partial charge in [0, 0.05) is 11.1 Å². The van der Waals surface area contributed by atoms with Crippen LogP contribution in [-0.2, 0) is 0 Å². The Morgan fingerprint density at radius 3 is 1.48 bits per heavy atom. The molecule has 280 valence electrons. The summed E-state index contributed by atoms with van der Waals surface area (Å²) in [7, 11) is 0. The summed E-state index contributed by atoms with van der Waals surface area (Å²) in [5, 5.41) is 2.39. The van der Waals surface area contributed by atoms with Crippen molar-refractivity contribution in [2.75, 3.05) is 0 Å². The smallest absolute Gasteiger partial charge is 0.220 e. The number of benzene rings is 9. The second-order valence-corrected chi connectivity index (χ2v) is 15.5. The van der Waals surface area contributed by atoms with E-state index in [0.717, 1.165) is 83.8 Å². The zero-order valence-electron chi connectivity index (χ0n) is 32.3. The molecule has 0 atom stereocenters. The Kier molecular flexibility index (Phi) is 6.91. The molecule has 0 fully saturated rings. The predicted molar refractivity (Wildman–Crippen MR) is 246 cm³/mol. The minimum absolute atomic E-state index is 0.883. The molecule has 9 aromatic carbocycles. The van der Waals surface area contributed by atoms with E-state index in [1.54, 1.807) is 0 Å². The quantitative estimate of drug-likeness (QED) is 0.175. The summed E-state index contributed by atoms with van der Waals surface area (Å²) < 4.78 is 9.24. The second kappa shape index (κ2) is 12.6. The van der Waals surface area contributed by atoms with Gasteiger partial charge < -0.3 is 0 Å². The molecule has 13 aromatic rings. The molecule has 0 bridgehead atoms. The van der Waals surface area contributed by atoms with Crippen molar-refractivity contribution in [1.82, 2.24) is 27.9 Å². The highest BCUT2D eigenvalue weighted by atomic mass is 15.2. The van der Waals surface area contributed by atoms with Crippen LogP contribution in [0.25, 0.3) is 111 Å². The van der Waals surface area contributed by atoms with E-state index in [1.807, 2.05) is 0 Å². The first-order valence-corrected chi connectivity index (χ1v) is 20.3. The molecule has 0 saturated heterocycles. The number of aromatic nitrogens is 6. The van der Waals surface area contributed by atoms with Gasteiger partial charge in [-0.25, -0.2) is 9.97 Å². The molecule has 6 heteroatoms. The molecule has 0 unspecified atom stereocenters. The van der Waals surface area contributed by atoms with E-state index in [-0.39, 0.29) is 0 Å². The summed E-state index contributed by atoms with van der Waals surface area (Å²) in [6, 6.07) is 73.8. The van der Waals surface area contributed by atoms with Gasteiger partial charge in [0.05, 0.1) is 49.8 Å². The Hall–Kier alpha value is -8.22. The van der Waals surface area contributed by atoms with Gasteiger partial charge in [-0.3, -0.25) is 17.9 Å². The predicted octanol–water partition coefficient (Wildman–Crippen LogP) is 13.3. The second-order valence-electron chi connectivity index (χ2n) is 15.5. The Morgan fingerprint density at radius 2 is 0.783 bits per heavy atom. The number of rotatable bonds is 5. The Bertz CT molecular complexity index is 3820. The SMILES string of the molecule is c1ccc(-c2ccc(-c3cccc(-n4c5ccc(-c6ccc7c(c6)n6c8ccccc8nc6n7-c6cccc7ccccc67)cc5n5c6ccccc6nc45)c3)cc2)cc1. The van der Waals surface area contributed by atoms with Crippen LogP contribution >= 0.6 is 0 Å². The van der Waals surface area contributed by atoms with Gasteiger partial charge in [0.1, 0.15) is 0 Å². The van der Waals surface area contributed by atoms with Gasteiger partial charge in [-0.1, -0.05) is 140 Å². The Morgan fingerprint density at radius 1 is 0.300 bits per heavy atom. The summed E-state index contributed by atoms with van der Waals surface area (Å²) in [6.45, 7) is 0. The van der Waals surface area contributed by atoms with Gasteiger partial charge in [0.15, 0.2) is 0 Å². The highest BCUT2D eigenvalue weighted by Gasteiger charge is 2.21. The van der Waals surface area contributed by atoms with Crippen molar-refractivity contribution in [3.8, 4) is 44.8 Å². The molecule has 0 aliphatic rings. The highest BCUT2D eigenvalue weighted by molar-refractivity contribution is 6.00. The summed E-state index contributed by atoms with van der Waals surface area (Å²) in [6.07, 6.45) is 0. The first-order valence-electron chi connectivity index (χ1n) is 20.3. The van der Waals surface area contributed by atoms with Crippen LogP contribution < -0.4 is 0 Å². The lowest BCUT2D eigenvalue weighted by Gasteiger charge is -2.10. The number of para-hydroxylation sites is 4. The number of hydrogen-bond donors (Lipinski definition) is 0.